The summed E-state index contributed by atoms with van der Waals surface area (Å²) in [5.41, 5.74) is -10.1. The zero-order valence-corrected chi connectivity index (χ0v) is 11.1. The van der Waals surface area contributed by atoms with E-state index in [0.29, 0.717) is 0 Å². The fourth-order valence-corrected chi connectivity index (χ4v) is 2.88. The van der Waals surface area contributed by atoms with Gasteiger partial charge in [-0.2, -0.15) is 17.6 Å². The van der Waals surface area contributed by atoms with Crippen LogP contribution in [-0.2, 0) is 14.1 Å². The molecule has 20 heavy (non-hydrogen) atoms. The minimum absolute atomic E-state index is 1.11. The number of hydrogen-bond donors (Lipinski definition) is 0. The summed E-state index contributed by atoms with van der Waals surface area (Å²) in [5, 5.41) is 0. The van der Waals surface area contributed by atoms with Gasteiger partial charge < -0.3 is 9.30 Å². The van der Waals surface area contributed by atoms with Crippen LogP contribution in [0.5, 0.6) is 0 Å². The Balaban J connectivity index is 5.45. The topological polar surface area (TPSA) is 43.4 Å². The van der Waals surface area contributed by atoms with Gasteiger partial charge in [0, 0.05) is 0 Å². The number of alkyl halides is 6. The van der Waals surface area contributed by atoms with Crippen molar-refractivity contribution in [3.05, 3.63) is 0 Å². The summed E-state index contributed by atoms with van der Waals surface area (Å²) in [6.45, 7) is -4.33. The second kappa shape index (κ2) is 6.53. The summed E-state index contributed by atoms with van der Waals surface area (Å²) >= 11 is 0. The van der Waals surface area contributed by atoms with E-state index < -0.39 is 50.1 Å². The molecule has 116 valence electrons. The van der Waals surface area contributed by atoms with E-state index in [1.165, 1.54) is 0 Å². The lowest BCUT2D eigenvalue weighted by molar-refractivity contribution is -0.143. The maximum absolute atomic E-state index is 13.1. The van der Waals surface area contributed by atoms with Crippen LogP contribution in [-0.4, -0.2) is 42.9 Å². The largest absolute Gasteiger partial charge is 0.449 e. The lowest BCUT2D eigenvalue weighted by Gasteiger charge is -2.29. The Morgan fingerprint density at radius 1 is 1.25 bits per heavy atom. The lowest BCUT2D eigenvalue weighted by atomic mass is 10.4. The molecule has 0 N–H and O–H groups in total. The number of carbonyl (C=O) groups excluding carboxylic acids is 1. The van der Waals surface area contributed by atoms with Crippen LogP contribution in [0, 0.1) is 12.3 Å². The van der Waals surface area contributed by atoms with Crippen LogP contribution in [0.15, 0.2) is 0 Å². The molecule has 0 bridgehead atoms. The molecule has 0 radical (unpaired) electrons. The monoisotopic (exact) mass is 324 g/mol. The number of ether oxygens (including phenoxy) is 1. The average molecular weight is 324 g/mol. The predicted molar refractivity (Wildman–Crippen MR) is 58.7 cm³/mol. The second-order valence-electron chi connectivity index (χ2n) is 3.80. The lowest BCUT2D eigenvalue weighted by Crippen LogP contribution is -2.36. The summed E-state index contributed by atoms with van der Waals surface area (Å²) in [7, 11) is -6.21. The van der Waals surface area contributed by atoms with Gasteiger partial charge in [0.05, 0.1) is 0 Å². The summed E-state index contributed by atoms with van der Waals surface area (Å²) in [5.74, 6) is 0.0812. The second-order valence-corrected chi connectivity index (χ2v) is 6.90. The molecular formula is C10H11F6O3P. The highest BCUT2D eigenvalue weighted by atomic mass is 31.2. The van der Waals surface area contributed by atoms with Crippen LogP contribution in [0.1, 0.15) is 6.92 Å². The van der Waals surface area contributed by atoms with Crippen molar-refractivity contribution in [2.75, 3.05) is 19.5 Å². The van der Waals surface area contributed by atoms with Gasteiger partial charge in [0.15, 0.2) is 19.5 Å². The third kappa shape index (κ3) is 3.69. The Morgan fingerprint density at radius 3 is 1.95 bits per heavy atom. The van der Waals surface area contributed by atoms with Crippen LogP contribution in [0.3, 0.4) is 0 Å². The molecule has 0 heterocycles. The Bertz CT molecular complexity index is 425. The molecule has 0 rings (SSSR count). The summed E-state index contributed by atoms with van der Waals surface area (Å²) in [6, 6.07) is 0. The van der Waals surface area contributed by atoms with Gasteiger partial charge in [-0.25, -0.2) is 8.78 Å². The fraction of sp³-hybridized carbons (Fsp3) is 0.700. The molecule has 0 aliphatic heterocycles. The molecule has 0 spiro atoms. The van der Waals surface area contributed by atoms with E-state index in [1.807, 2.05) is 5.92 Å². The highest BCUT2D eigenvalue weighted by molar-refractivity contribution is 7.67. The van der Waals surface area contributed by atoms with Crippen LogP contribution >= 0.6 is 7.14 Å². The first kappa shape index (κ1) is 18.8. The highest BCUT2D eigenvalue weighted by Crippen LogP contribution is 2.70. The molecule has 0 aromatic carbocycles. The van der Waals surface area contributed by atoms with E-state index in [1.54, 1.807) is 0 Å². The van der Waals surface area contributed by atoms with Crippen LogP contribution < -0.4 is 0 Å². The average Bonchev–Trinajstić information content (AvgIpc) is 2.37. The standard InChI is InChI=1S/C10H11F6O3P/c1-3-7(2)19-8(17)4-20(18,9(13,14)5-11)10(15,16)6-12/h1,7H,4-6H2,2H3. The molecule has 0 aromatic rings. The molecule has 0 amide bonds. The molecule has 1 unspecified atom stereocenters. The van der Waals surface area contributed by atoms with Gasteiger partial charge in [-0.3, -0.25) is 4.79 Å². The molecular weight excluding hydrogens is 313 g/mol. The fourth-order valence-electron chi connectivity index (χ4n) is 1.11. The first-order valence-corrected chi connectivity index (χ1v) is 6.99. The zero-order valence-electron chi connectivity index (χ0n) is 10.2. The molecule has 0 saturated heterocycles. The minimum atomic E-state index is -6.21. The van der Waals surface area contributed by atoms with Crippen LogP contribution in [0.2, 0.25) is 0 Å². The van der Waals surface area contributed by atoms with E-state index in [4.69, 9.17) is 6.42 Å². The van der Waals surface area contributed by atoms with Gasteiger partial charge in [0.2, 0.25) is 7.14 Å². The maximum Gasteiger partial charge on any atom is 0.331 e. The van der Waals surface area contributed by atoms with Gasteiger partial charge >= 0.3 is 17.3 Å². The van der Waals surface area contributed by atoms with Crippen molar-refractivity contribution in [1.29, 1.82) is 0 Å². The smallest absolute Gasteiger partial charge is 0.331 e. The summed E-state index contributed by atoms with van der Waals surface area (Å²) < 4.78 is 92.7. The highest BCUT2D eigenvalue weighted by Gasteiger charge is 2.66. The van der Waals surface area contributed by atoms with Crippen molar-refractivity contribution in [3.63, 3.8) is 0 Å². The maximum atomic E-state index is 13.1. The van der Waals surface area contributed by atoms with Crippen molar-refractivity contribution in [2.45, 2.75) is 24.4 Å². The molecule has 1 atom stereocenters. The minimum Gasteiger partial charge on any atom is -0.449 e. The third-order valence-electron chi connectivity index (χ3n) is 2.27. The molecule has 0 saturated carbocycles. The molecule has 10 heteroatoms. The van der Waals surface area contributed by atoms with E-state index in [9.17, 15) is 35.7 Å². The third-order valence-corrected chi connectivity index (χ3v) is 5.33. The number of rotatable bonds is 7. The van der Waals surface area contributed by atoms with E-state index >= 15 is 0 Å². The van der Waals surface area contributed by atoms with Gasteiger partial charge in [-0.15, -0.1) is 6.42 Å². The number of hydrogen-bond acceptors (Lipinski definition) is 3. The van der Waals surface area contributed by atoms with Gasteiger partial charge in [-0.05, 0) is 6.92 Å². The van der Waals surface area contributed by atoms with E-state index in [0.717, 1.165) is 6.92 Å². The number of terminal acetylenes is 1. The first-order chi connectivity index (χ1) is 8.97. The van der Waals surface area contributed by atoms with Gasteiger partial charge in [0.1, 0.15) is 6.16 Å². The van der Waals surface area contributed by atoms with Crippen LogP contribution in [0.4, 0.5) is 26.3 Å². The normalized spacial score (nSPS) is 14.5. The van der Waals surface area contributed by atoms with Crippen molar-refractivity contribution in [1.82, 2.24) is 0 Å². The van der Waals surface area contributed by atoms with Crippen LogP contribution in [0.25, 0.3) is 0 Å². The van der Waals surface area contributed by atoms with Gasteiger partial charge in [-0.1, -0.05) is 5.92 Å². The van der Waals surface area contributed by atoms with Crippen molar-refractivity contribution >= 4 is 13.1 Å². The zero-order chi connectivity index (χ0) is 16.2. The Kier molecular flexibility index (Phi) is 6.15. The Hall–Kier alpha value is -1.16. The number of esters is 1. The van der Waals surface area contributed by atoms with Crippen molar-refractivity contribution < 1.29 is 40.4 Å². The molecule has 0 aliphatic rings. The quantitative estimate of drug-likeness (QED) is 0.313. The Labute approximate surface area is 111 Å². The molecule has 0 aromatic heterocycles. The van der Waals surface area contributed by atoms with Crippen molar-refractivity contribution in [3.8, 4) is 12.3 Å². The number of halogens is 6. The Morgan fingerprint density at radius 2 is 1.65 bits per heavy atom. The summed E-state index contributed by atoms with van der Waals surface area (Å²) in [4.78, 5) is 11.2. The molecule has 3 nitrogen and oxygen atoms in total. The van der Waals surface area contributed by atoms with E-state index in [-0.39, 0.29) is 0 Å². The van der Waals surface area contributed by atoms with Crippen molar-refractivity contribution in [2.24, 2.45) is 0 Å². The van der Waals surface area contributed by atoms with E-state index in [2.05, 4.69) is 4.74 Å². The predicted octanol–water partition coefficient (Wildman–Crippen LogP) is 3.04. The number of carbonyl (C=O) groups is 1. The molecule has 0 aliphatic carbocycles. The first-order valence-electron chi connectivity index (χ1n) is 5.10. The SMILES string of the molecule is C#CC(C)OC(=O)CP(=O)(C(F)(F)CF)C(F)(F)CF. The summed E-state index contributed by atoms with van der Waals surface area (Å²) in [6.07, 6.45) is 1.52. The molecule has 0 fully saturated rings. The van der Waals surface area contributed by atoms with Gasteiger partial charge in [0.25, 0.3) is 0 Å².